The van der Waals surface area contributed by atoms with Gasteiger partial charge in [-0.2, -0.15) is 0 Å². The molecule has 24 heavy (non-hydrogen) atoms. The Morgan fingerprint density at radius 2 is 2.25 bits per heavy atom. The number of nitrogens with zero attached hydrogens (tertiary/aromatic N) is 1. The van der Waals surface area contributed by atoms with Crippen molar-refractivity contribution in [2.24, 2.45) is 0 Å². The number of hydrogen-bond acceptors (Lipinski definition) is 4. The average Bonchev–Trinajstić information content (AvgIpc) is 3.34. The van der Waals surface area contributed by atoms with E-state index in [2.05, 4.69) is 11.4 Å². The third kappa shape index (κ3) is 3.24. The SMILES string of the molecule is COCCCN1C(=O)C(C)(C)Oc2cc[c]c(C(=O)NC3CC3)c21. The van der Waals surface area contributed by atoms with Crippen LogP contribution in [-0.4, -0.2) is 43.7 Å². The van der Waals surface area contributed by atoms with E-state index in [4.69, 9.17) is 9.47 Å². The summed E-state index contributed by atoms with van der Waals surface area (Å²) in [7, 11) is 1.63. The molecule has 0 spiro atoms. The zero-order valence-corrected chi connectivity index (χ0v) is 14.3. The number of fused-ring (bicyclic) bond motifs is 1. The van der Waals surface area contributed by atoms with Gasteiger partial charge in [0.25, 0.3) is 11.8 Å². The van der Waals surface area contributed by atoms with Gasteiger partial charge in [-0.25, -0.2) is 0 Å². The van der Waals surface area contributed by atoms with E-state index in [9.17, 15) is 9.59 Å². The van der Waals surface area contributed by atoms with Gasteiger partial charge in [0.15, 0.2) is 5.60 Å². The summed E-state index contributed by atoms with van der Waals surface area (Å²) < 4.78 is 10.9. The molecular formula is C18H23N2O4. The van der Waals surface area contributed by atoms with Crippen LogP contribution in [0.15, 0.2) is 12.1 Å². The van der Waals surface area contributed by atoms with E-state index in [1.807, 2.05) is 0 Å². The largest absolute Gasteiger partial charge is 0.476 e. The minimum Gasteiger partial charge on any atom is -0.476 e. The summed E-state index contributed by atoms with van der Waals surface area (Å²) in [5, 5.41) is 2.96. The molecule has 0 bridgehead atoms. The van der Waals surface area contributed by atoms with E-state index >= 15 is 0 Å². The highest BCUT2D eigenvalue weighted by Gasteiger charge is 2.42. The molecule has 1 fully saturated rings. The molecule has 2 aliphatic rings. The first kappa shape index (κ1) is 16.8. The first-order chi connectivity index (χ1) is 11.4. The smallest absolute Gasteiger partial charge is 0.270 e. The third-order valence-corrected chi connectivity index (χ3v) is 4.20. The summed E-state index contributed by atoms with van der Waals surface area (Å²) in [6.45, 7) is 4.49. The number of hydrogen-bond donors (Lipinski definition) is 1. The van der Waals surface area contributed by atoms with E-state index < -0.39 is 5.60 Å². The fourth-order valence-electron chi connectivity index (χ4n) is 2.81. The van der Waals surface area contributed by atoms with Crippen LogP contribution in [0.5, 0.6) is 5.75 Å². The second-order valence-electron chi connectivity index (χ2n) is 6.73. The molecule has 2 amide bonds. The van der Waals surface area contributed by atoms with E-state index in [1.54, 1.807) is 38.0 Å². The Kier molecular flexibility index (Phi) is 4.49. The molecule has 0 atom stereocenters. The molecule has 1 aliphatic carbocycles. The molecule has 1 N–H and O–H groups in total. The summed E-state index contributed by atoms with van der Waals surface area (Å²) in [6.07, 6.45) is 2.68. The lowest BCUT2D eigenvalue weighted by Gasteiger charge is -2.39. The second-order valence-corrected chi connectivity index (χ2v) is 6.73. The van der Waals surface area contributed by atoms with Gasteiger partial charge < -0.3 is 19.7 Å². The van der Waals surface area contributed by atoms with Crippen LogP contribution in [0.2, 0.25) is 0 Å². The second kappa shape index (κ2) is 6.43. The molecule has 1 saturated carbocycles. The Hall–Kier alpha value is -2.08. The zero-order valence-electron chi connectivity index (χ0n) is 14.3. The van der Waals surface area contributed by atoms with Gasteiger partial charge in [0.1, 0.15) is 5.75 Å². The van der Waals surface area contributed by atoms with Gasteiger partial charge in [0.05, 0.1) is 11.3 Å². The Morgan fingerprint density at radius 3 is 2.92 bits per heavy atom. The van der Waals surface area contributed by atoms with Gasteiger partial charge in [0, 0.05) is 26.3 Å². The van der Waals surface area contributed by atoms with Crippen molar-refractivity contribution in [1.29, 1.82) is 0 Å². The van der Waals surface area contributed by atoms with Crippen molar-refractivity contribution in [2.75, 3.05) is 25.2 Å². The van der Waals surface area contributed by atoms with Crippen molar-refractivity contribution in [3.8, 4) is 5.75 Å². The molecule has 1 aromatic rings. The Bertz CT molecular complexity index is 652. The fraction of sp³-hybridized carbons (Fsp3) is 0.556. The molecule has 0 saturated heterocycles. The van der Waals surface area contributed by atoms with Gasteiger partial charge in [0.2, 0.25) is 0 Å². The normalized spacial score (nSPS) is 18.8. The van der Waals surface area contributed by atoms with E-state index in [-0.39, 0.29) is 17.9 Å². The van der Waals surface area contributed by atoms with Gasteiger partial charge in [-0.3, -0.25) is 9.59 Å². The Balaban J connectivity index is 1.97. The number of benzene rings is 1. The van der Waals surface area contributed by atoms with Crippen molar-refractivity contribution in [1.82, 2.24) is 5.32 Å². The number of rotatable bonds is 6. The highest BCUT2D eigenvalue weighted by atomic mass is 16.5. The maximum atomic E-state index is 12.8. The lowest BCUT2D eigenvalue weighted by atomic mass is 10.0. The molecule has 0 aromatic heterocycles. The molecule has 1 aromatic carbocycles. The molecule has 0 unspecified atom stereocenters. The number of carbonyl (C=O) groups is 2. The molecule has 1 radical (unpaired) electrons. The first-order valence-electron chi connectivity index (χ1n) is 8.29. The van der Waals surface area contributed by atoms with Gasteiger partial charge in [-0.05, 0) is 51.3 Å². The monoisotopic (exact) mass is 331 g/mol. The number of ether oxygens (including phenoxy) is 2. The van der Waals surface area contributed by atoms with E-state index in [0.29, 0.717) is 36.6 Å². The predicted octanol–water partition coefficient (Wildman–Crippen LogP) is 1.92. The maximum Gasteiger partial charge on any atom is 0.270 e. The number of anilines is 1. The van der Waals surface area contributed by atoms with E-state index in [1.165, 1.54) is 0 Å². The van der Waals surface area contributed by atoms with Crippen molar-refractivity contribution < 1.29 is 19.1 Å². The summed E-state index contributed by atoms with van der Waals surface area (Å²) in [6, 6.07) is 6.63. The van der Waals surface area contributed by atoms with Crippen LogP contribution in [0.3, 0.4) is 0 Å². The van der Waals surface area contributed by atoms with Crippen molar-refractivity contribution in [3.05, 3.63) is 23.8 Å². The van der Waals surface area contributed by atoms with Gasteiger partial charge in [-0.1, -0.05) is 0 Å². The first-order valence-corrected chi connectivity index (χ1v) is 8.29. The number of carbonyl (C=O) groups excluding carboxylic acids is 2. The lowest BCUT2D eigenvalue weighted by molar-refractivity contribution is -0.132. The van der Waals surface area contributed by atoms with Crippen LogP contribution in [0, 0.1) is 6.07 Å². The highest BCUT2D eigenvalue weighted by Crippen LogP contribution is 2.40. The summed E-state index contributed by atoms with van der Waals surface area (Å²) in [5.41, 5.74) is -0.0946. The molecule has 1 aliphatic heterocycles. The minimum absolute atomic E-state index is 0.161. The van der Waals surface area contributed by atoms with Crippen molar-refractivity contribution >= 4 is 17.5 Å². The predicted molar refractivity (Wildman–Crippen MR) is 89.3 cm³/mol. The molecule has 129 valence electrons. The number of nitrogens with one attached hydrogen (secondary N) is 1. The van der Waals surface area contributed by atoms with Crippen LogP contribution in [0.25, 0.3) is 0 Å². The molecule has 6 heteroatoms. The summed E-state index contributed by atoms with van der Waals surface area (Å²) in [4.78, 5) is 27.0. The standard InChI is InChI=1S/C18H23N2O4/c1-18(2)17(22)20(10-5-11-23-3)15-13(6-4-7-14(15)24-18)16(21)19-12-8-9-12/h4,7,12H,5,8-11H2,1-3H3,(H,19,21). The fourth-order valence-corrected chi connectivity index (χ4v) is 2.81. The average molecular weight is 331 g/mol. The summed E-state index contributed by atoms with van der Waals surface area (Å²) in [5.74, 6) is 0.171. The summed E-state index contributed by atoms with van der Waals surface area (Å²) >= 11 is 0. The van der Waals surface area contributed by atoms with Crippen LogP contribution in [0.1, 0.15) is 43.5 Å². The maximum absolute atomic E-state index is 12.8. The lowest BCUT2D eigenvalue weighted by Crippen LogP contribution is -2.53. The van der Waals surface area contributed by atoms with Crippen molar-refractivity contribution in [2.45, 2.75) is 44.8 Å². The van der Waals surface area contributed by atoms with Crippen LogP contribution in [-0.2, 0) is 9.53 Å². The Labute approximate surface area is 142 Å². The van der Waals surface area contributed by atoms with Crippen LogP contribution in [0.4, 0.5) is 5.69 Å². The molecule has 3 rings (SSSR count). The quantitative estimate of drug-likeness (QED) is 0.809. The minimum atomic E-state index is -0.967. The van der Waals surface area contributed by atoms with Gasteiger partial charge in [-0.15, -0.1) is 0 Å². The van der Waals surface area contributed by atoms with Gasteiger partial charge >= 0.3 is 0 Å². The highest BCUT2D eigenvalue weighted by molar-refractivity contribution is 6.09. The topological polar surface area (TPSA) is 67.9 Å². The molecule has 1 heterocycles. The molecular weight excluding hydrogens is 308 g/mol. The number of methoxy groups -OCH3 is 1. The number of amides is 2. The zero-order chi connectivity index (χ0) is 17.3. The Morgan fingerprint density at radius 1 is 1.50 bits per heavy atom. The van der Waals surface area contributed by atoms with E-state index in [0.717, 1.165) is 12.8 Å². The third-order valence-electron chi connectivity index (χ3n) is 4.20. The van der Waals surface area contributed by atoms with Crippen LogP contribution < -0.4 is 15.0 Å². The van der Waals surface area contributed by atoms with Crippen molar-refractivity contribution in [3.63, 3.8) is 0 Å². The van der Waals surface area contributed by atoms with Crippen LogP contribution >= 0.6 is 0 Å². The molecule has 6 nitrogen and oxygen atoms in total.